The molecule has 1 aromatic carbocycles. The van der Waals surface area contributed by atoms with E-state index in [2.05, 4.69) is 40.2 Å². The first-order chi connectivity index (χ1) is 10.0. The van der Waals surface area contributed by atoms with Gasteiger partial charge in [0.05, 0.1) is 12.2 Å². The van der Waals surface area contributed by atoms with Crippen LogP contribution < -0.4 is 5.32 Å². The van der Waals surface area contributed by atoms with Crippen LogP contribution in [0, 0.1) is 19.7 Å². The molecule has 0 atom stereocenters. The minimum absolute atomic E-state index is 0.231. The Kier molecular flexibility index (Phi) is 5.53. The van der Waals surface area contributed by atoms with E-state index in [4.69, 9.17) is 0 Å². The Morgan fingerprint density at radius 1 is 1.29 bits per heavy atom. The highest BCUT2D eigenvalue weighted by Gasteiger charge is 2.11. The number of aryl methyl sites for hydroxylation is 1. The van der Waals surface area contributed by atoms with Crippen molar-refractivity contribution in [1.29, 1.82) is 0 Å². The van der Waals surface area contributed by atoms with Gasteiger partial charge in [0, 0.05) is 22.3 Å². The lowest BCUT2D eigenvalue weighted by molar-refractivity contribution is 0.614. The fourth-order valence-electron chi connectivity index (χ4n) is 2.41. The standard InChI is InChI=1S/C16H21BrFN3/c1-4-5-19-9-16-11(2)20-21(12(16)3)10-13-6-14(17)8-15(18)7-13/h6-8,19H,4-5,9-10H2,1-3H3. The van der Waals surface area contributed by atoms with Crippen LogP contribution in [0.5, 0.6) is 0 Å². The molecule has 0 saturated heterocycles. The van der Waals surface area contributed by atoms with Gasteiger partial charge in [-0.25, -0.2) is 4.39 Å². The topological polar surface area (TPSA) is 29.9 Å². The average Bonchev–Trinajstić information content (AvgIpc) is 2.65. The predicted octanol–water partition coefficient (Wildman–Crippen LogP) is 3.95. The lowest BCUT2D eigenvalue weighted by atomic mass is 10.2. The van der Waals surface area contributed by atoms with Crippen molar-refractivity contribution in [1.82, 2.24) is 15.1 Å². The highest BCUT2D eigenvalue weighted by Crippen LogP contribution is 2.18. The van der Waals surface area contributed by atoms with E-state index in [1.54, 1.807) is 6.07 Å². The summed E-state index contributed by atoms with van der Waals surface area (Å²) in [6.45, 7) is 8.65. The molecule has 0 aliphatic carbocycles. The molecule has 0 saturated carbocycles. The van der Waals surface area contributed by atoms with E-state index in [0.717, 1.165) is 40.9 Å². The van der Waals surface area contributed by atoms with Crippen molar-refractivity contribution in [2.75, 3.05) is 6.54 Å². The summed E-state index contributed by atoms with van der Waals surface area (Å²) in [5.74, 6) is -0.231. The third-order valence-corrected chi connectivity index (χ3v) is 3.97. The maximum atomic E-state index is 13.5. The van der Waals surface area contributed by atoms with Crippen LogP contribution in [0.25, 0.3) is 0 Å². The zero-order valence-electron chi connectivity index (χ0n) is 12.7. The van der Waals surface area contributed by atoms with Gasteiger partial charge in [0.1, 0.15) is 5.82 Å². The maximum absolute atomic E-state index is 13.5. The second-order valence-corrected chi connectivity index (χ2v) is 6.18. The molecule has 2 aromatic rings. The molecule has 1 N–H and O–H groups in total. The summed E-state index contributed by atoms with van der Waals surface area (Å²) in [4.78, 5) is 0. The SMILES string of the molecule is CCCNCc1c(C)nn(Cc2cc(F)cc(Br)c2)c1C. The van der Waals surface area contributed by atoms with Crippen molar-refractivity contribution in [2.45, 2.75) is 40.3 Å². The van der Waals surface area contributed by atoms with E-state index < -0.39 is 0 Å². The van der Waals surface area contributed by atoms with E-state index in [9.17, 15) is 4.39 Å². The van der Waals surface area contributed by atoms with Gasteiger partial charge < -0.3 is 5.32 Å². The summed E-state index contributed by atoms with van der Waals surface area (Å²) in [5.41, 5.74) is 4.31. The molecule has 0 aliphatic rings. The molecule has 5 heteroatoms. The normalized spacial score (nSPS) is 11.1. The molecule has 1 aromatic heterocycles. The van der Waals surface area contributed by atoms with E-state index in [1.807, 2.05) is 17.7 Å². The molecule has 0 spiro atoms. The fourth-order valence-corrected chi connectivity index (χ4v) is 2.92. The first-order valence-corrected chi connectivity index (χ1v) is 7.99. The molecule has 2 rings (SSSR count). The van der Waals surface area contributed by atoms with Crippen LogP contribution >= 0.6 is 15.9 Å². The van der Waals surface area contributed by atoms with Gasteiger partial charge in [0.25, 0.3) is 0 Å². The zero-order valence-corrected chi connectivity index (χ0v) is 14.3. The number of hydrogen-bond donors (Lipinski definition) is 1. The van der Waals surface area contributed by atoms with Crippen molar-refractivity contribution in [3.05, 3.63) is 51.0 Å². The van der Waals surface area contributed by atoms with Gasteiger partial charge in [0.2, 0.25) is 0 Å². The average molecular weight is 354 g/mol. The molecular weight excluding hydrogens is 333 g/mol. The fraction of sp³-hybridized carbons (Fsp3) is 0.438. The van der Waals surface area contributed by atoms with Crippen LogP contribution in [0.1, 0.15) is 35.9 Å². The molecule has 0 bridgehead atoms. The number of rotatable bonds is 6. The Labute approximate surface area is 133 Å². The summed E-state index contributed by atoms with van der Waals surface area (Å²) >= 11 is 3.33. The Morgan fingerprint density at radius 2 is 2.05 bits per heavy atom. The first kappa shape index (κ1) is 16.2. The molecule has 21 heavy (non-hydrogen) atoms. The number of nitrogens with one attached hydrogen (secondary N) is 1. The first-order valence-electron chi connectivity index (χ1n) is 7.19. The lowest BCUT2D eigenvalue weighted by Crippen LogP contribution is -2.15. The number of hydrogen-bond acceptors (Lipinski definition) is 2. The van der Waals surface area contributed by atoms with Gasteiger partial charge >= 0.3 is 0 Å². The van der Waals surface area contributed by atoms with Crippen LogP contribution in [0.15, 0.2) is 22.7 Å². The van der Waals surface area contributed by atoms with Crippen molar-refractivity contribution >= 4 is 15.9 Å². The second kappa shape index (κ2) is 7.18. The quantitative estimate of drug-likeness (QED) is 0.796. The van der Waals surface area contributed by atoms with Gasteiger partial charge in [-0.1, -0.05) is 22.9 Å². The van der Waals surface area contributed by atoms with Crippen molar-refractivity contribution in [3.63, 3.8) is 0 Å². The Balaban J connectivity index is 2.18. The van der Waals surface area contributed by atoms with Gasteiger partial charge in [-0.2, -0.15) is 5.10 Å². The van der Waals surface area contributed by atoms with Crippen LogP contribution in [0.3, 0.4) is 0 Å². The monoisotopic (exact) mass is 353 g/mol. The van der Waals surface area contributed by atoms with Gasteiger partial charge in [-0.05, 0) is 50.6 Å². The molecule has 0 radical (unpaired) electrons. The highest BCUT2D eigenvalue weighted by molar-refractivity contribution is 9.10. The van der Waals surface area contributed by atoms with E-state index in [0.29, 0.717) is 6.54 Å². The van der Waals surface area contributed by atoms with Gasteiger partial charge in [-0.15, -0.1) is 0 Å². The second-order valence-electron chi connectivity index (χ2n) is 5.26. The summed E-state index contributed by atoms with van der Waals surface area (Å²) < 4.78 is 16.1. The summed E-state index contributed by atoms with van der Waals surface area (Å²) in [5, 5.41) is 7.99. The highest BCUT2D eigenvalue weighted by atomic mass is 79.9. The van der Waals surface area contributed by atoms with Crippen LogP contribution in [0.2, 0.25) is 0 Å². The minimum atomic E-state index is -0.231. The van der Waals surface area contributed by atoms with Crippen LogP contribution in [-0.2, 0) is 13.1 Å². The lowest BCUT2D eigenvalue weighted by Gasteiger charge is -2.07. The Hall–Kier alpha value is -1.20. The molecule has 114 valence electrons. The Morgan fingerprint density at radius 3 is 2.71 bits per heavy atom. The van der Waals surface area contributed by atoms with Crippen LogP contribution in [-0.4, -0.2) is 16.3 Å². The molecule has 0 unspecified atom stereocenters. The molecule has 0 aliphatic heterocycles. The predicted molar refractivity (Wildman–Crippen MR) is 86.9 cm³/mol. The molecule has 1 heterocycles. The maximum Gasteiger partial charge on any atom is 0.124 e. The third kappa shape index (κ3) is 4.14. The molecule has 0 amide bonds. The van der Waals surface area contributed by atoms with Crippen LogP contribution in [0.4, 0.5) is 4.39 Å². The van der Waals surface area contributed by atoms with Crippen molar-refractivity contribution in [2.24, 2.45) is 0 Å². The van der Waals surface area contributed by atoms with E-state index in [-0.39, 0.29) is 5.82 Å². The summed E-state index contributed by atoms with van der Waals surface area (Å²) in [6.07, 6.45) is 1.11. The zero-order chi connectivity index (χ0) is 15.4. The molecular formula is C16H21BrFN3. The van der Waals surface area contributed by atoms with Crippen molar-refractivity contribution in [3.8, 4) is 0 Å². The summed E-state index contributed by atoms with van der Waals surface area (Å²) in [6, 6.07) is 4.94. The minimum Gasteiger partial charge on any atom is -0.313 e. The van der Waals surface area contributed by atoms with Gasteiger partial charge in [0.15, 0.2) is 0 Å². The number of benzene rings is 1. The third-order valence-electron chi connectivity index (χ3n) is 3.51. The largest absolute Gasteiger partial charge is 0.313 e. The number of aromatic nitrogens is 2. The smallest absolute Gasteiger partial charge is 0.124 e. The number of nitrogens with zero attached hydrogens (tertiary/aromatic N) is 2. The van der Waals surface area contributed by atoms with Crippen molar-refractivity contribution < 1.29 is 4.39 Å². The van der Waals surface area contributed by atoms with E-state index in [1.165, 1.54) is 11.6 Å². The van der Waals surface area contributed by atoms with E-state index >= 15 is 0 Å². The Bertz CT molecular complexity index is 602. The van der Waals surface area contributed by atoms with Gasteiger partial charge in [-0.3, -0.25) is 4.68 Å². The molecule has 0 fully saturated rings. The molecule has 3 nitrogen and oxygen atoms in total. The number of halogens is 2. The summed E-state index contributed by atoms with van der Waals surface area (Å²) in [7, 11) is 0.